The topological polar surface area (TPSA) is 47.6 Å². The summed E-state index contributed by atoms with van der Waals surface area (Å²) in [5, 5.41) is 2.97. The number of rotatable bonds is 9. The second-order valence-corrected chi connectivity index (χ2v) is 6.39. The number of benzene rings is 3. The molecule has 0 bridgehead atoms. The lowest BCUT2D eigenvalue weighted by Crippen LogP contribution is -2.23. The third-order valence-electron chi connectivity index (χ3n) is 4.38. The highest BCUT2D eigenvalue weighted by molar-refractivity contribution is 5.94. The van der Waals surface area contributed by atoms with E-state index in [4.69, 9.17) is 9.47 Å². The number of ether oxygens (including phenoxy) is 2. The predicted molar refractivity (Wildman–Crippen MR) is 110 cm³/mol. The van der Waals surface area contributed by atoms with Gasteiger partial charge in [0.25, 0.3) is 5.91 Å². The molecule has 0 heterocycles. The Morgan fingerprint density at radius 1 is 0.821 bits per heavy atom. The fourth-order valence-electron chi connectivity index (χ4n) is 2.80. The average molecular weight is 375 g/mol. The van der Waals surface area contributed by atoms with E-state index < -0.39 is 0 Å². The van der Waals surface area contributed by atoms with Gasteiger partial charge in [-0.1, -0.05) is 54.6 Å². The Morgan fingerprint density at radius 2 is 1.50 bits per heavy atom. The van der Waals surface area contributed by atoms with Crippen molar-refractivity contribution in [1.29, 1.82) is 0 Å². The molecule has 0 fully saturated rings. The molecule has 0 spiro atoms. The van der Waals surface area contributed by atoms with E-state index >= 15 is 0 Å². The summed E-state index contributed by atoms with van der Waals surface area (Å²) in [5.74, 6) is 0.628. The molecule has 0 radical (unpaired) electrons. The van der Waals surface area contributed by atoms with Gasteiger partial charge < -0.3 is 14.8 Å². The van der Waals surface area contributed by atoms with Gasteiger partial charge in [-0.05, 0) is 47.9 Å². The van der Waals surface area contributed by atoms with Crippen LogP contribution in [0.1, 0.15) is 34.0 Å². The number of amides is 1. The predicted octanol–water partition coefficient (Wildman–Crippen LogP) is 4.73. The molecule has 3 aromatic rings. The lowest BCUT2D eigenvalue weighted by atomic mass is 10.1. The fraction of sp³-hybridized carbons (Fsp3) is 0.208. The van der Waals surface area contributed by atoms with Crippen LogP contribution in [0.4, 0.5) is 0 Å². The molecule has 0 saturated carbocycles. The molecule has 0 aliphatic rings. The van der Waals surface area contributed by atoms with Crippen molar-refractivity contribution in [3.8, 4) is 5.75 Å². The molecule has 0 aromatic heterocycles. The van der Waals surface area contributed by atoms with Crippen molar-refractivity contribution in [3.63, 3.8) is 0 Å². The van der Waals surface area contributed by atoms with E-state index in [2.05, 4.69) is 5.32 Å². The highest BCUT2D eigenvalue weighted by atomic mass is 16.5. The summed E-state index contributed by atoms with van der Waals surface area (Å²) in [6.45, 7) is 4.16. The van der Waals surface area contributed by atoms with E-state index in [1.807, 2.05) is 73.7 Å². The van der Waals surface area contributed by atoms with E-state index in [0.717, 1.165) is 22.4 Å². The molecule has 0 saturated heterocycles. The van der Waals surface area contributed by atoms with Crippen LogP contribution in [-0.4, -0.2) is 12.5 Å². The second kappa shape index (κ2) is 10.3. The molecule has 0 atom stereocenters. The first-order chi connectivity index (χ1) is 13.8. The quantitative estimate of drug-likeness (QED) is 0.588. The van der Waals surface area contributed by atoms with Gasteiger partial charge in [-0.2, -0.15) is 0 Å². The standard InChI is InChI=1S/C24H25NO3/c1-2-27-18-22-11-7-6-10-21(22)16-25-24(26)20-12-14-23(15-13-20)28-17-19-8-4-3-5-9-19/h3-15H,2,16-18H2,1H3,(H,25,26). The third-order valence-corrected chi connectivity index (χ3v) is 4.38. The summed E-state index contributed by atoms with van der Waals surface area (Å²) >= 11 is 0. The number of carbonyl (C=O) groups excluding carboxylic acids is 1. The molecular formula is C24H25NO3. The first-order valence-corrected chi connectivity index (χ1v) is 9.45. The van der Waals surface area contributed by atoms with Crippen LogP contribution in [-0.2, 0) is 24.5 Å². The zero-order valence-electron chi connectivity index (χ0n) is 16.1. The first-order valence-electron chi connectivity index (χ1n) is 9.45. The Morgan fingerprint density at radius 3 is 2.21 bits per heavy atom. The molecule has 1 amide bonds. The van der Waals surface area contributed by atoms with Crippen molar-refractivity contribution in [3.05, 3.63) is 101 Å². The normalized spacial score (nSPS) is 10.5. The van der Waals surface area contributed by atoms with Crippen LogP contribution in [0.3, 0.4) is 0 Å². The smallest absolute Gasteiger partial charge is 0.251 e. The van der Waals surface area contributed by atoms with Crippen LogP contribution >= 0.6 is 0 Å². The molecule has 0 aliphatic heterocycles. The van der Waals surface area contributed by atoms with Crippen LogP contribution in [0.2, 0.25) is 0 Å². The molecule has 144 valence electrons. The average Bonchev–Trinajstić information content (AvgIpc) is 2.76. The summed E-state index contributed by atoms with van der Waals surface area (Å²) in [7, 11) is 0. The summed E-state index contributed by atoms with van der Waals surface area (Å²) in [5.41, 5.74) is 3.87. The van der Waals surface area contributed by atoms with Gasteiger partial charge in [-0.3, -0.25) is 4.79 Å². The van der Waals surface area contributed by atoms with Crippen LogP contribution in [0, 0.1) is 0 Å². The minimum Gasteiger partial charge on any atom is -0.489 e. The lowest BCUT2D eigenvalue weighted by molar-refractivity contribution is 0.0949. The fourth-order valence-corrected chi connectivity index (χ4v) is 2.80. The minimum atomic E-state index is -0.110. The van der Waals surface area contributed by atoms with Crippen LogP contribution in [0.15, 0.2) is 78.9 Å². The van der Waals surface area contributed by atoms with Gasteiger partial charge in [-0.15, -0.1) is 0 Å². The molecule has 28 heavy (non-hydrogen) atoms. The van der Waals surface area contributed by atoms with Crippen molar-refractivity contribution in [1.82, 2.24) is 5.32 Å². The molecule has 1 N–H and O–H groups in total. The maximum atomic E-state index is 12.5. The Kier molecular flexibility index (Phi) is 7.21. The van der Waals surface area contributed by atoms with Gasteiger partial charge >= 0.3 is 0 Å². The van der Waals surface area contributed by atoms with E-state index in [1.165, 1.54) is 0 Å². The molecular weight excluding hydrogens is 350 g/mol. The summed E-state index contributed by atoms with van der Waals surface area (Å²) in [4.78, 5) is 12.5. The maximum Gasteiger partial charge on any atom is 0.251 e. The summed E-state index contributed by atoms with van der Waals surface area (Å²) in [6.07, 6.45) is 0. The van der Waals surface area contributed by atoms with E-state index in [9.17, 15) is 4.79 Å². The first kappa shape index (κ1) is 19.6. The third kappa shape index (κ3) is 5.69. The monoisotopic (exact) mass is 375 g/mol. The van der Waals surface area contributed by atoms with E-state index in [1.54, 1.807) is 12.1 Å². The number of hydrogen-bond donors (Lipinski definition) is 1. The van der Waals surface area contributed by atoms with E-state index in [0.29, 0.717) is 31.9 Å². The van der Waals surface area contributed by atoms with Crippen LogP contribution in [0.25, 0.3) is 0 Å². The molecule has 0 unspecified atom stereocenters. The molecule has 0 aliphatic carbocycles. The van der Waals surface area contributed by atoms with Gasteiger partial charge in [-0.25, -0.2) is 0 Å². The van der Waals surface area contributed by atoms with Gasteiger partial charge in [0.05, 0.1) is 6.61 Å². The largest absolute Gasteiger partial charge is 0.489 e. The zero-order chi connectivity index (χ0) is 19.6. The maximum absolute atomic E-state index is 12.5. The Labute approximate surface area is 166 Å². The highest BCUT2D eigenvalue weighted by Crippen LogP contribution is 2.15. The highest BCUT2D eigenvalue weighted by Gasteiger charge is 2.08. The van der Waals surface area contributed by atoms with Crippen molar-refractivity contribution in [2.75, 3.05) is 6.61 Å². The number of nitrogens with one attached hydrogen (secondary N) is 1. The molecule has 3 rings (SSSR count). The SMILES string of the molecule is CCOCc1ccccc1CNC(=O)c1ccc(OCc2ccccc2)cc1. The Bertz CT molecular complexity index is 876. The Hall–Kier alpha value is -3.11. The van der Waals surface area contributed by atoms with Crippen molar-refractivity contribution < 1.29 is 14.3 Å². The minimum absolute atomic E-state index is 0.110. The van der Waals surface area contributed by atoms with Gasteiger partial charge in [0.2, 0.25) is 0 Å². The zero-order valence-corrected chi connectivity index (χ0v) is 16.1. The Balaban J connectivity index is 1.53. The molecule has 3 aromatic carbocycles. The lowest BCUT2D eigenvalue weighted by Gasteiger charge is -2.11. The van der Waals surface area contributed by atoms with Gasteiger partial charge in [0, 0.05) is 18.7 Å². The summed E-state index contributed by atoms with van der Waals surface area (Å²) in [6, 6.07) is 25.2. The van der Waals surface area contributed by atoms with Crippen molar-refractivity contribution in [2.24, 2.45) is 0 Å². The van der Waals surface area contributed by atoms with Crippen LogP contribution < -0.4 is 10.1 Å². The van der Waals surface area contributed by atoms with E-state index in [-0.39, 0.29) is 5.91 Å². The summed E-state index contributed by atoms with van der Waals surface area (Å²) < 4.78 is 11.3. The molecule has 4 heteroatoms. The number of hydrogen-bond acceptors (Lipinski definition) is 3. The van der Waals surface area contributed by atoms with Gasteiger partial charge in [0.1, 0.15) is 12.4 Å². The van der Waals surface area contributed by atoms with Gasteiger partial charge in [0.15, 0.2) is 0 Å². The van der Waals surface area contributed by atoms with Crippen LogP contribution in [0.5, 0.6) is 5.75 Å². The molecule has 4 nitrogen and oxygen atoms in total. The van der Waals surface area contributed by atoms with Crippen molar-refractivity contribution >= 4 is 5.91 Å². The van der Waals surface area contributed by atoms with Crippen molar-refractivity contribution in [2.45, 2.75) is 26.7 Å². The number of carbonyl (C=O) groups is 1. The second-order valence-electron chi connectivity index (χ2n) is 6.39.